The van der Waals surface area contributed by atoms with Gasteiger partial charge in [0.05, 0.1) is 4.88 Å². The molecule has 8 heteroatoms. The lowest BCUT2D eigenvalue weighted by Gasteiger charge is -2.36. The van der Waals surface area contributed by atoms with E-state index in [0.29, 0.717) is 39.3 Å². The third-order valence-electron chi connectivity index (χ3n) is 4.69. The molecule has 2 saturated heterocycles. The number of carbonyl (C=O) groups is 1. The molecule has 6 nitrogen and oxygen atoms in total. The highest BCUT2D eigenvalue weighted by Gasteiger charge is 2.33. The van der Waals surface area contributed by atoms with Gasteiger partial charge >= 0.3 is 0 Å². The van der Waals surface area contributed by atoms with E-state index in [0.717, 1.165) is 35.4 Å². The number of hydrogen-bond acceptors (Lipinski definition) is 4. The second kappa shape index (κ2) is 7.51. The largest absolute Gasteiger partial charge is 0.335 e. The summed E-state index contributed by atoms with van der Waals surface area (Å²) in [6.45, 7) is 4.91. The van der Waals surface area contributed by atoms with Gasteiger partial charge in [-0.25, -0.2) is 0 Å². The number of thiophene rings is 1. The Labute approximate surface area is 148 Å². The molecule has 0 bridgehead atoms. The fourth-order valence-electron chi connectivity index (χ4n) is 3.26. The van der Waals surface area contributed by atoms with Gasteiger partial charge in [0.25, 0.3) is 16.1 Å². The normalized spacial score (nSPS) is 21.6. The molecule has 0 radical (unpaired) electrons. The number of nitrogens with zero attached hydrogens (tertiary/aromatic N) is 3. The summed E-state index contributed by atoms with van der Waals surface area (Å²) in [6.07, 6.45) is 4.09. The summed E-state index contributed by atoms with van der Waals surface area (Å²) >= 11 is 1.49. The second-order valence-corrected chi connectivity index (χ2v) is 9.64. The van der Waals surface area contributed by atoms with Crippen molar-refractivity contribution < 1.29 is 13.2 Å². The van der Waals surface area contributed by atoms with E-state index in [1.165, 1.54) is 11.3 Å². The molecule has 3 rings (SSSR count). The van der Waals surface area contributed by atoms with Gasteiger partial charge < -0.3 is 4.90 Å². The minimum atomic E-state index is -3.39. The van der Waals surface area contributed by atoms with E-state index in [-0.39, 0.29) is 5.91 Å². The molecule has 0 saturated carbocycles. The Bertz CT molecular complexity index is 670. The zero-order valence-electron chi connectivity index (χ0n) is 14.1. The summed E-state index contributed by atoms with van der Waals surface area (Å²) < 4.78 is 28.8. The Balaban J connectivity index is 1.60. The van der Waals surface area contributed by atoms with Gasteiger partial charge in [-0.05, 0) is 31.9 Å². The molecule has 0 aromatic carbocycles. The molecule has 0 aliphatic carbocycles. The fourth-order valence-corrected chi connectivity index (χ4v) is 5.77. The molecule has 3 heterocycles. The minimum Gasteiger partial charge on any atom is -0.335 e. The van der Waals surface area contributed by atoms with Crippen LogP contribution >= 0.6 is 11.3 Å². The highest BCUT2D eigenvalue weighted by Crippen LogP contribution is 2.21. The van der Waals surface area contributed by atoms with Crippen LogP contribution in [0, 0.1) is 6.92 Å². The van der Waals surface area contributed by atoms with Crippen LogP contribution in [0.3, 0.4) is 0 Å². The van der Waals surface area contributed by atoms with Gasteiger partial charge in [-0.2, -0.15) is 17.0 Å². The average molecular weight is 372 g/mol. The van der Waals surface area contributed by atoms with E-state index in [2.05, 4.69) is 0 Å². The zero-order valence-corrected chi connectivity index (χ0v) is 15.7. The lowest BCUT2D eigenvalue weighted by molar-refractivity contribution is 0.0699. The third kappa shape index (κ3) is 3.82. The van der Waals surface area contributed by atoms with Crippen molar-refractivity contribution in [3.63, 3.8) is 0 Å². The second-order valence-electron chi connectivity index (χ2n) is 6.42. The van der Waals surface area contributed by atoms with E-state index < -0.39 is 10.2 Å². The van der Waals surface area contributed by atoms with E-state index in [1.54, 1.807) is 13.5 Å². The minimum absolute atomic E-state index is 0.0138. The monoisotopic (exact) mass is 371 g/mol. The van der Waals surface area contributed by atoms with Crippen LogP contribution in [0.4, 0.5) is 0 Å². The molecule has 1 aromatic rings. The first-order valence-electron chi connectivity index (χ1n) is 8.59. The predicted molar refractivity (Wildman–Crippen MR) is 95.5 cm³/mol. The number of piperazine rings is 1. The molecular formula is C16H25N3O3S2. The number of amides is 1. The Morgan fingerprint density at radius 1 is 0.917 bits per heavy atom. The number of hydrogen-bond donors (Lipinski definition) is 0. The lowest BCUT2D eigenvalue weighted by atomic mass is 10.2. The van der Waals surface area contributed by atoms with Crippen LogP contribution in [-0.4, -0.2) is 67.1 Å². The van der Waals surface area contributed by atoms with Gasteiger partial charge in [-0.1, -0.05) is 12.8 Å². The van der Waals surface area contributed by atoms with E-state index >= 15 is 0 Å². The molecule has 0 unspecified atom stereocenters. The van der Waals surface area contributed by atoms with Crippen LogP contribution in [0.15, 0.2) is 12.1 Å². The topological polar surface area (TPSA) is 60.9 Å². The van der Waals surface area contributed by atoms with Crippen molar-refractivity contribution in [2.24, 2.45) is 0 Å². The number of rotatable bonds is 3. The molecule has 2 aliphatic rings. The summed E-state index contributed by atoms with van der Waals surface area (Å²) in [4.78, 5) is 16.1. The van der Waals surface area contributed by atoms with Gasteiger partial charge in [0.2, 0.25) is 0 Å². The molecule has 0 N–H and O–H groups in total. The molecular weight excluding hydrogens is 346 g/mol. The van der Waals surface area contributed by atoms with E-state index in [1.807, 2.05) is 19.1 Å². The summed E-state index contributed by atoms with van der Waals surface area (Å²) in [6, 6.07) is 3.79. The van der Waals surface area contributed by atoms with Gasteiger partial charge in [-0.3, -0.25) is 4.79 Å². The summed E-state index contributed by atoms with van der Waals surface area (Å²) in [5.74, 6) is 0.0138. The van der Waals surface area contributed by atoms with Crippen LogP contribution < -0.4 is 0 Å². The van der Waals surface area contributed by atoms with Crippen molar-refractivity contribution in [3.8, 4) is 0 Å². The molecule has 1 amide bonds. The predicted octanol–water partition coefficient (Wildman–Crippen LogP) is 1.94. The number of carbonyl (C=O) groups excluding carboxylic acids is 1. The zero-order chi connectivity index (χ0) is 17.2. The van der Waals surface area contributed by atoms with Crippen LogP contribution in [0.1, 0.15) is 40.2 Å². The SMILES string of the molecule is Cc1ccc(C(=O)N2CCN(S(=O)(=O)N3CCCCCC3)CC2)s1. The lowest BCUT2D eigenvalue weighted by Crippen LogP contribution is -2.54. The van der Waals surface area contributed by atoms with E-state index in [9.17, 15) is 13.2 Å². The molecule has 1 aromatic heterocycles. The third-order valence-corrected chi connectivity index (χ3v) is 7.72. The van der Waals surface area contributed by atoms with Crippen LogP contribution in [-0.2, 0) is 10.2 Å². The molecule has 134 valence electrons. The molecule has 24 heavy (non-hydrogen) atoms. The van der Waals surface area contributed by atoms with E-state index in [4.69, 9.17) is 0 Å². The Morgan fingerprint density at radius 2 is 1.50 bits per heavy atom. The summed E-state index contributed by atoms with van der Waals surface area (Å²) in [5.41, 5.74) is 0. The maximum Gasteiger partial charge on any atom is 0.282 e. The van der Waals surface area contributed by atoms with Gasteiger partial charge in [-0.15, -0.1) is 11.3 Å². The highest BCUT2D eigenvalue weighted by molar-refractivity contribution is 7.86. The Hall–Kier alpha value is -0.960. The molecule has 2 fully saturated rings. The number of aryl methyl sites for hydroxylation is 1. The van der Waals surface area contributed by atoms with Crippen molar-refractivity contribution in [2.75, 3.05) is 39.3 Å². The first-order valence-corrected chi connectivity index (χ1v) is 10.8. The van der Waals surface area contributed by atoms with Crippen molar-refractivity contribution in [1.82, 2.24) is 13.5 Å². The average Bonchev–Trinajstić information content (AvgIpc) is 2.84. The Morgan fingerprint density at radius 3 is 2.04 bits per heavy atom. The molecule has 0 atom stereocenters. The van der Waals surface area contributed by atoms with Crippen LogP contribution in [0.2, 0.25) is 0 Å². The summed E-state index contributed by atoms with van der Waals surface area (Å²) in [7, 11) is -3.39. The summed E-state index contributed by atoms with van der Waals surface area (Å²) in [5, 5.41) is 0. The first kappa shape index (κ1) is 17.8. The fraction of sp³-hybridized carbons (Fsp3) is 0.688. The first-order chi connectivity index (χ1) is 11.5. The Kier molecular flexibility index (Phi) is 5.59. The smallest absolute Gasteiger partial charge is 0.282 e. The van der Waals surface area contributed by atoms with Crippen molar-refractivity contribution >= 4 is 27.5 Å². The maximum absolute atomic E-state index is 12.8. The van der Waals surface area contributed by atoms with Gasteiger partial charge in [0, 0.05) is 44.1 Å². The molecule has 2 aliphatic heterocycles. The van der Waals surface area contributed by atoms with Crippen molar-refractivity contribution in [2.45, 2.75) is 32.6 Å². The van der Waals surface area contributed by atoms with Gasteiger partial charge in [0.15, 0.2) is 0 Å². The maximum atomic E-state index is 12.8. The van der Waals surface area contributed by atoms with Crippen molar-refractivity contribution in [1.29, 1.82) is 0 Å². The van der Waals surface area contributed by atoms with Crippen LogP contribution in [0.5, 0.6) is 0 Å². The van der Waals surface area contributed by atoms with Gasteiger partial charge in [0.1, 0.15) is 0 Å². The quantitative estimate of drug-likeness (QED) is 0.816. The van der Waals surface area contributed by atoms with Crippen LogP contribution in [0.25, 0.3) is 0 Å². The standard InChI is InChI=1S/C16H25N3O3S2/c1-14-6-7-15(23-14)16(20)17-10-12-19(13-11-17)24(21,22)18-8-4-2-3-5-9-18/h6-7H,2-5,8-13H2,1H3. The van der Waals surface area contributed by atoms with Crippen molar-refractivity contribution in [3.05, 3.63) is 21.9 Å². The highest BCUT2D eigenvalue weighted by atomic mass is 32.2. The molecule has 0 spiro atoms.